The van der Waals surface area contributed by atoms with Crippen molar-refractivity contribution in [1.29, 1.82) is 0 Å². The van der Waals surface area contributed by atoms with E-state index in [0.717, 1.165) is 19.3 Å². The van der Waals surface area contributed by atoms with Crippen molar-refractivity contribution in [3.63, 3.8) is 0 Å². The van der Waals surface area contributed by atoms with Gasteiger partial charge in [0.15, 0.2) is 0 Å². The molecular formula is C22H36O5. The molecule has 1 saturated heterocycles. The molecule has 1 heterocycles. The molecule has 5 heteroatoms. The number of aliphatic hydroxyl groups excluding tert-OH is 2. The van der Waals surface area contributed by atoms with Gasteiger partial charge in [-0.15, -0.1) is 0 Å². The molecule has 3 aliphatic carbocycles. The molecule has 4 aliphatic rings. The van der Waals surface area contributed by atoms with E-state index in [-0.39, 0.29) is 17.8 Å². The lowest BCUT2D eigenvalue weighted by atomic mass is 9.47. The summed E-state index contributed by atoms with van der Waals surface area (Å²) in [5, 5.41) is 21.4. The third-order valence-electron chi connectivity index (χ3n) is 7.72. The van der Waals surface area contributed by atoms with Crippen LogP contribution in [0.5, 0.6) is 0 Å². The van der Waals surface area contributed by atoms with Crippen LogP contribution >= 0.6 is 0 Å². The molecule has 1 unspecified atom stereocenters. The molecule has 5 nitrogen and oxygen atoms in total. The van der Waals surface area contributed by atoms with Crippen LogP contribution in [-0.2, 0) is 14.2 Å². The van der Waals surface area contributed by atoms with Crippen molar-refractivity contribution in [3.8, 4) is 0 Å². The van der Waals surface area contributed by atoms with Crippen molar-refractivity contribution in [2.24, 2.45) is 23.7 Å². The SMILES string of the molecule is CCO[C@]12CC[C@@H](O)[C@H](/C=C/[C@@H](O)C3CCCCC3)[C@H]1C(C)C21OCCO1. The normalized spacial score (nSPS) is 43.0. The van der Waals surface area contributed by atoms with Gasteiger partial charge >= 0.3 is 0 Å². The van der Waals surface area contributed by atoms with Crippen LogP contribution in [0.15, 0.2) is 12.2 Å². The Kier molecular flexibility index (Phi) is 5.70. The average molecular weight is 381 g/mol. The van der Waals surface area contributed by atoms with Crippen LogP contribution in [0.25, 0.3) is 0 Å². The second kappa shape index (κ2) is 7.75. The van der Waals surface area contributed by atoms with E-state index in [1.807, 2.05) is 13.0 Å². The fourth-order valence-corrected chi connectivity index (χ4v) is 6.53. The summed E-state index contributed by atoms with van der Waals surface area (Å²) >= 11 is 0. The lowest BCUT2D eigenvalue weighted by molar-refractivity contribution is -0.417. The molecule has 1 aliphatic heterocycles. The van der Waals surface area contributed by atoms with Gasteiger partial charge in [0.05, 0.1) is 25.4 Å². The number of fused-ring (bicyclic) bond motifs is 2. The van der Waals surface area contributed by atoms with E-state index in [4.69, 9.17) is 14.2 Å². The fourth-order valence-electron chi connectivity index (χ4n) is 6.53. The lowest BCUT2D eigenvalue weighted by Gasteiger charge is -2.68. The van der Waals surface area contributed by atoms with Gasteiger partial charge in [-0.05, 0) is 38.5 Å². The number of hydrogen-bond acceptors (Lipinski definition) is 5. The maximum atomic E-state index is 10.8. The highest BCUT2D eigenvalue weighted by Crippen LogP contribution is 2.66. The van der Waals surface area contributed by atoms with Gasteiger partial charge in [0.25, 0.3) is 0 Å². The third-order valence-corrected chi connectivity index (χ3v) is 7.72. The Labute approximate surface area is 163 Å². The zero-order chi connectivity index (χ0) is 19.1. The van der Waals surface area contributed by atoms with Crippen molar-refractivity contribution < 1.29 is 24.4 Å². The maximum absolute atomic E-state index is 10.8. The molecule has 2 N–H and O–H groups in total. The summed E-state index contributed by atoms with van der Waals surface area (Å²) in [6.07, 6.45) is 10.5. The van der Waals surface area contributed by atoms with Crippen LogP contribution in [0, 0.1) is 23.7 Å². The summed E-state index contributed by atoms with van der Waals surface area (Å²) in [5.74, 6) is -0.0323. The molecule has 0 radical (unpaired) electrons. The average Bonchev–Trinajstić information content (AvgIpc) is 3.21. The molecule has 0 aromatic carbocycles. The summed E-state index contributed by atoms with van der Waals surface area (Å²) in [4.78, 5) is 0. The standard InChI is InChI=1S/C22H36O5/c1-3-25-21-12-11-19(24)17(9-10-18(23)16-7-5-4-6-8-16)20(21)15(2)22(21)26-13-14-27-22/h9-10,15-20,23-24H,3-8,11-14H2,1-2H3/b10-9+/t15?,17-,18+,19+,20+,21+/m0/s1. The molecule has 3 saturated carbocycles. The van der Waals surface area contributed by atoms with Gasteiger partial charge < -0.3 is 24.4 Å². The van der Waals surface area contributed by atoms with Crippen LogP contribution in [0.4, 0.5) is 0 Å². The Morgan fingerprint density at radius 1 is 1.15 bits per heavy atom. The van der Waals surface area contributed by atoms with Crippen LogP contribution in [0.1, 0.15) is 58.8 Å². The first-order valence-electron chi connectivity index (χ1n) is 11.0. The Morgan fingerprint density at radius 2 is 1.85 bits per heavy atom. The summed E-state index contributed by atoms with van der Waals surface area (Å²) < 4.78 is 18.6. The molecular weight excluding hydrogens is 344 g/mol. The van der Waals surface area contributed by atoms with Crippen LogP contribution in [0.3, 0.4) is 0 Å². The summed E-state index contributed by atoms with van der Waals surface area (Å²) in [6.45, 7) is 5.99. The van der Waals surface area contributed by atoms with Crippen LogP contribution in [-0.4, -0.2) is 53.6 Å². The Bertz CT molecular complexity index is 537. The summed E-state index contributed by atoms with van der Waals surface area (Å²) in [7, 11) is 0. The van der Waals surface area contributed by atoms with Gasteiger partial charge in [0.1, 0.15) is 5.60 Å². The largest absolute Gasteiger partial charge is 0.393 e. The molecule has 4 rings (SSSR count). The van der Waals surface area contributed by atoms with Gasteiger partial charge in [-0.1, -0.05) is 38.3 Å². The predicted molar refractivity (Wildman–Crippen MR) is 102 cm³/mol. The molecule has 0 aromatic rings. The van der Waals surface area contributed by atoms with Crippen molar-refractivity contribution in [2.75, 3.05) is 19.8 Å². The van der Waals surface area contributed by atoms with E-state index in [2.05, 4.69) is 13.0 Å². The molecule has 6 atom stereocenters. The molecule has 0 bridgehead atoms. The van der Waals surface area contributed by atoms with E-state index >= 15 is 0 Å². The second-order valence-electron chi connectivity index (χ2n) is 8.96. The van der Waals surface area contributed by atoms with Crippen LogP contribution < -0.4 is 0 Å². The van der Waals surface area contributed by atoms with Crippen molar-refractivity contribution >= 4 is 0 Å². The summed E-state index contributed by atoms with van der Waals surface area (Å²) in [5.41, 5.74) is -0.484. The monoisotopic (exact) mass is 380 g/mol. The highest BCUT2D eigenvalue weighted by molar-refractivity contribution is 5.24. The highest BCUT2D eigenvalue weighted by atomic mass is 16.8. The third kappa shape index (κ3) is 3.01. The van der Waals surface area contributed by atoms with Gasteiger partial charge in [-0.2, -0.15) is 0 Å². The molecule has 1 spiro atoms. The second-order valence-corrected chi connectivity index (χ2v) is 8.96. The maximum Gasteiger partial charge on any atom is 0.201 e. The first kappa shape index (κ1) is 19.8. The smallest absolute Gasteiger partial charge is 0.201 e. The highest BCUT2D eigenvalue weighted by Gasteiger charge is 2.77. The first-order chi connectivity index (χ1) is 13.1. The number of hydrogen-bond donors (Lipinski definition) is 2. The van der Waals surface area contributed by atoms with Gasteiger partial charge in [-0.3, -0.25) is 0 Å². The zero-order valence-corrected chi connectivity index (χ0v) is 16.8. The summed E-state index contributed by atoms with van der Waals surface area (Å²) in [6, 6.07) is 0. The number of ether oxygens (including phenoxy) is 3. The zero-order valence-electron chi connectivity index (χ0n) is 16.8. The van der Waals surface area contributed by atoms with E-state index in [0.29, 0.717) is 32.2 Å². The van der Waals surface area contributed by atoms with Gasteiger partial charge in [0.2, 0.25) is 5.79 Å². The van der Waals surface area contributed by atoms with E-state index in [1.54, 1.807) is 0 Å². The topological polar surface area (TPSA) is 68.2 Å². The number of aliphatic hydroxyl groups is 2. The quantitative estimate of drug-likeness (QED) is 0.718. The Hall–Kier alpha value is -0.460. The van der Waals surface area contributed by atoms with Crippen molar-refractivity contribution in [1.82, 2.24) is 0 Å². The predicted octanol–water partition coefficient (Wildman–Crippen LogP) is 3.04. The van der Waals surface area contributed by atoms with Crippen molar-refractivity contribution in [3.05, 3.63) is 12.2 Å². The Balaban J connectivity index is 1.54. The molecule has 27 heavy (non-hydrogen) atoms. The minimum atomic E-state index is -0.665. The molecule has 0 amide bonds. The number of rotatable bonds is 5. The van der Waals surface area contributed by atoms with Gasteiger partial charge in [0, 0.05) is 24.4 Å². The van der Waals surface area contributed by atoms with Crippen molar-refractivity contribution in [2.45, 2.75) is 82.4 Å². The fraction of sp³-hybridized carbons (Fsp3) is 0.909. The lowest BCUT2D eigenvalue weighted by Crippen LogP contribution is -2.80. The van der Waals surface area contributed by atoms with Gasteiger partial charge in [-0.25, -0.2) is 0 Å². The van der Waals surface area contributed by atoms with E-state index in [1.165, 1.54) is 19.3 Å². The van der Waals surface area contributed by atoms with E-state index in [9.17, 15) is 10.2 Å². The molecule has 4 fully saturated rings. The van der Waals surface area contributed by atoms with Crippen LogP contribution in [0.2, 0.25) is 0 Å². The minimum Gasteiger partial charge on any atom is -0.393 e. The molecule has 154 valence electrons. The Morgan fingerprint density at radius 3 is 2.52 bits per heavy atom. The minimum absolute atomic E-state index is 0.0306. The molecule has 0 aromatic heterocycles. The van der Waals surface area contributed by atoms with E-state index < -0.39 is 23.6 Å². The first-order valence-corrected chi connectivity index (χ1v) is 11.0.